The first-order valence-electron chi connectivity index (χ1n) is 5.55. The summed E-state index contributed by atoms with van der Waals surface area (Å²) < 4.78 is 0. The predicted octanol–water partition coefficient (Wildman–Crippen LogP) is 3.34. The number of benzene rings is 1. The summed E-state index contributed by atoms with van der Waals surface area (Å²) in [5, 5.41) is 9.64. The Balaban J connectivity index is 2.19. The summed E-state index contributed by atoms with van der Waals surface area (Å²) in [7, 11) is 0. The molecule has 15 heavy (non-hydrogen) atoms. The van der Waals surface area contributed by atoms with Crippen LogP contribution in [-0.4, -0.2) is 11.2 Å². The molecule has 1 N–H and O–H groups in total. The van der Waals surface area contributed by atoms with E-state index in [2.05, 4.69) is 30.8 Å². The maximum Gasteiger partial charge on any atom is 0.0577 e. The molecule has 1 nitrogen and oxygen atoms in total. The van der Waals surface area contributed by atoms with Crippen molar-refractivity contribution < 1.29 is 5.11 Å². The van der Waals surface area contributed by atoms with Crippen LogP contribution < -0.4 is 0 Å². The van der Waals surface area contributed by atoms with E-state index in [-0.39, 0.29) is 6.10 Å². The molecule has 0 fully saturated rings. The Hall–Kier alpha value is -1.08. The standard InChI is InChI=1S/C14H20O/c1-12(2)11-14(15)10-6-9-13-7-4-3-5-8-13/h3-5,7-8,14-15H,1,6,9-11H2,2H3. The molecule has 1 rings (SSSR count). The van der Waals surface area contributed by atoms with Gasteiger partial charge in [-0.2, -0.15) is 0 Å². The average molecular weight is 204 g/mol. The van der Waals surface area contributed by atoms with Crippen LogP contribution in [0.25, 0.3) is 0 Å². The molecule has 1 aromatic rings. The molecule has 0 amide bonds. The number of rotatable bonds is 6. The third-order valence-electron chi connectivity index (χ3n) is 2.43. The minimum Gasteiger partial charge on any atom is -0.393 e. The highest BCUT2D eigenvalue weighted by Crippen LogP contribution is 2.10. The van der Waals surface area contributed by atoms with Gasteiger partial charge in [0.1, 0.15) is 0 Å². The molecule has 0 aliphatic carbocycles. The third-order valence-corrected chi connectivity index (χ3v) is 2.43. The first-order valence-corrected chi connectivity index (χ1v) is 5.55. The van der Waals surface area contributed by atoms with Gasteiger partial charge in [0.15, 0.2) is 0 Å². The van der Waals surface area contributed by atoms with Crippen LogP contribution in [0.2, 0.25) is 0 Å². The topological polar surface area (TPSA) is 20.2 Å². The summed E-state index contributed by atoms with van der Waals surface area (Å²) in [6.45, 7) is 5.76. The lowest BCUT2D eigenvalue weighted by molar-refractivity contribution is 0.162. The molecule has 0 aliphatic heterocycles. The lowest BCUT2D eigenvalue weighted by atomic mass is 10.0. The molecule has 0 radical (unpaired) electrons. The molecule has 1 atom stereocenters. The molecule has 0 heterocycles. The van der Waals surface area contributed by atoms with Gasteiger partial charge in [-0.25, -0.2) is 0 Å². The summed E-state index contributed by atoms with van der Waals surface area (Å²) in [4.78, 5) is 0. The van der Waals surface area contributed by atoms with E-state index in [1.807, 2.05) is 13.0 Å². The second kappa shape index (κ2) is 6.41. The Morgan fingerprint density at radius 2 is 2.00 bits per heavy atom. The van der Waals surface area contributed by atoms with Gasteiger partial charge in [-0.3, -0.25) is 0 Å². The van der Waals surface area contributed by atoms with Crippen molar-refractivity contribution in [3.8, 4) is 0 Å². The first-order chi connectivity index (χ1) is 7.18. The lowest BCUT2D eigenvalue weighted by Crippen LogP contribution is -2.06. The van der Waals surface area contributed by atoms with Gasteiger partial charge < -0.3 is 5.11 Å². The van der Waals surface area contributed by atoms with Crippen molar-refractivity contribution in [2.45, 2.75) is 38.7 Å². The van der Waals surface area contributed by atoms with Gasteiger partial charge in [-0.1, -0.05) is 35.9 Å². The van der Waals surface area contributed by atoms with E-state index in [4.69, 9.17) is 0 Å². The van der Waals surface area contributed by atoms with Crippen LogP contribution in [0, 0.1) is 0 Å². The number of hydrogen-bond acceptors (Lipinski definition) is 1. The van der Waals surface area contributed by atoms with E-state index < -0.39 is 0 Å². The van der Waals surface area contributed by atoms with Crippen LogP contribution in [0.15, 0.2) is 42.5 Å². The normalized spacial score (nSPS) is 12.4. The zero-order valence-corrected chi connectivity index (χ0v) is 9.45. The maximum absolute atomic E-state index is 9.64. The van der Waals surface area contributed by atoms with E-state index in [9.17, 15) is 5.11 Å². The van der Waals surface area contributed by atoms with Crippen molar-refractivity contribution in [2.75, 3.05) is 0 Å². The Morgan fingerprint density at radius 1 is 1.33 bits per heavy atom. The van der Waals surface area contributed by atoms with Gasteiger partial charge >= 0.3 is 0 Å². The highest BCUT2D eigenvalue weighted by molar-refractivity contribution is 5.14. The van der Waals surface area contributed by atoms with Crippen LogP contribution in [0.3, 0.4) is 0 Å². The average Bonchev–Trinajstić information content (AvgIpc) is 2.18. The second-order valence-electron chi connectivity index (χ2n) is 4.19. The summed E-state index contributed by atoms with van der Waals surface area (Å²) in [6.07, 6.45) is 3.47. The summed E-state index contributed by atoms with van der Waals surface area (Å²) in [5.74, 6) is 0. The van der Waals surface area contributed by atoms with Crippen molar-refractivity contribution in [1.82, 2.24) is 0 Å². The van der Waals surface area contributed by atoms with Crippen LogP contribution in [0.1, 0.15) is 31.7 Å². The molecule has 0 aliphatic rings. The monoisotopic (exact) mass is 204 g/mol. The lowest BCUT2D eigenvalue weighted by Gasteiger charge is -2.09. The SMILES string of the molecule is C=C(C)CC(O)CCCc1ccccc1. The number of aliphatic hydroxyl groups is 1. The van der Waals surface area contributed by atoms with Gasteiger partial charge in [0, 0.05) is 0 Å². The highest BCUT2D eigenvalue weighted by atomic mass is 16.3. The molecule has 0 aromatic heterocycles. The van der Waals surface area contributed by atoms with Crippen LogP contribution in [0.5, 0.6) is 0 Å². The fourth-order valence-corrected chi connectivity index (χ4v) is 1.69. The Morgan fingerprint density at radius 3 is 2.60 bits per heavy atom. The van der Waals surface area contributed by atoms with Crippen LogP contribution in [-0.2, 0) is 6.42 Å². The number of aliphatic hydroxyl groups excluding tert-OH is 1. The molecule has 0 saturated carbocycles. The molecular formula is C14H20O. The molecular weight excluding hydrogens is 184 g/mol. The summed E-state index contributed by atoms with van der Waals surface area (Å²) in [5.41, 5.74) is 2.40. The highest BCUT2D eigenvalue weighted by Gasteiger charge is 2.03. The fraction of sp³-hybridized carbons (Fsp3) is 0.429. The van der Waals surface area contributed by atoms with Crippen molar-refractivity contribution in [1.29, 1.82) is 0 Å². The maximum atomic E-state index is 9.64. The summed E-state index contributed by atoms with van der Waals surface area (Å²) >= 11 is 0. The van der Waals surface area contributed by atoms with Crippen molar-refractivity contribution in [2.24, 2.45) is 0 Å². The Labute approximate surface area is 92.5 Å². The number of aryl methyl sites for hydroxylation is 1. The van der Waals surface area contributed by atoms with Crippen LogP contribution in [0.4, 0.5) is 0 Å². The van der Waals surface area contributed by atoms with E-state index >= 15 is 0 Å². The molecule has 1 heteroatoms. The smallest absolute Gasteiger partial charge is 0.0577 e. The largest absolute Gasteiger partial charge is 0.393 e. The molecule has 1 aromatic carbocycles. The van der Waals surface area contributed by atoms with Crippen molar-refractivity contribution in [3.05, 3.63) is 48.0 Å². The van der Waals surface area contributed by atoms with Gasteiger partial charge in [0.2, 0.25) is 0 Å². The molecule has 82 valence electrons. The molecule has 0 saturated heterocycles. The van der Waals surface area contributed by atoms with Gasteiger partial charge in [-0.15, -0.1) is 6.58 Å². The summed E-state index contributed by atoms with van der Waals surface area (Å²) in [6, 6.07) is 10.4. The van der Waals surface area contributed by atoms with Gasteiger partial charge in [0.25, 0.3) is 0 Å². The van der Waals surface area contributed by atoms with Gasteiger partial charge in [-0.05, 0) is 38.2 Å². The van der Waals surface area contributed by atoms with E-state index in [0.29, 0.717) is 0 Å². The number of hydrogen-bond donors (Lipinski definition) is 1. The van der Waals surface area contributed by atoms with E-state index in [1.165, 1.54) is 5.56 Å². The zero-order valence-electron chi connectivity index (χ0n) is 9.45. The quantitative estimate of drug-likeness (QED) is 0.705. The van der Waals surface area contributed by atoms with E-state index in [0.717, 1.165) is 31.3 Å². The Bertz CT molecular complexity index is 289. The van der Waals surface area contributed by atoms with Crippen LogP contribution >= 0.6 is 0 Å². The zero-order chi connectivity index (χ0) is 11.1. The molecule has 1 unspecified atom stereocenters. The minimum absolute atomic E-state index is 0.216. The van der Waals surface area contributed by atoms with Crippen molar-refractivity contribution >= 4 is 0 Å². The minimum atomic E-state index is -0.216. The van der Waals surface area contributed by atoms with E-state index in [1.54, 1.807) is 0 Å². The molecule has 0 spiro atoms. The fourth-order valence-electron chi connectivity index (χ4n) is 1.69. The Kier molecular flexibility index (Phi) is 5.13. The van der Waals surface area contributed by atoms with Gasteiger partial charge in [0.05, 0.1) is 6.10 Å². The third kappa shape index (κ3) is 5.38. The molecule has 0 bridgehead atoms. The predicted molar refractivity (Wildman–Crippen MR) is 64.8 cm³/mol. The second-order valence-corrected chi connectivity index (χ2v) is 4.19. The first kappa shape index (κ1) is 12.0. The van der Waals surface area contributed by atoms with Crippen molar-refractivity contribution in [3.63, 3.8) is 0 Å².